The molecule has 0 saturated carbocycles. The number of ether oxygens (including phenoxy) is 2. The molecule has 1 aliphatic rings. The van der Waals surface area contributed by atoms with Gasteiger partial charge in [-0.15, -0.1) is 0 Å². The molecule has 0 aliphatic carbocycles. The Morgan fingerprint density at radius 1 is 1.22 bits per heavy atom. The number of rotatable bonds is 3. The van der Waals surface area contributed by atoms with Crippen molar-refractivity contribution < 1.29 is 13.9 Å². The molecular formula is C13H14N2O3. The van der Waals surface area contributed by atoms with Gasteiger partial charge in [0.1, 0.15) is 6.61 Å². The van der Waals surface area contributed by atoms with Crippen molar-refractivity contribution in [2.75, 3.05) is 6.61 Å². The second kappa shape index (κ2) is 4.72. The van der Waals surface area contributed by atoms with Gasteiger partial charge in [0, 0.05) is 5.56 Å². The van der Waals surface area contributed by atoms with Crippen molar-refractivity contribution in [3.8, 4) is 11.5 Å². The first-order valence-corrected chi connectivity index (χ1v) is 5.75. The molecule has 0 bridgehead atoms. The van der Waals surface area contributed by atoms with Gasteiger partial charge in [-0.3, -0.25) is 5.84 Å². The van der Waals surface area contributed by atoms with Gasteiger partial charge < -0.3 is 13.9 Å². The highest BCUT2D eigenvalue weighted by molar-refractivity contribution is 5.41. The fourth-order valence-corrected chi connectivity index (χ4v) is 2.07. The largest absolute Gasteiger partial charge is 0.486 e. The minimum atomic E-state index is -0.192. The maximum absolute atomic E-state index is 5.90. The highest BCUT2D eigenvalue weighted by Gasteiger charge is 2.29. The van der Waals surface area contributed by atoms with Gasteiger partial charge in [0.05, 0.1) is 18.6 Å². The molecule has 2 atom stereocenters. The third kappa shape index (κ3) is 1.94. The Bertz CT molecular complexity index is 513. The summed E-state index contributed by atoms with van der Waals surface area (Å²) in [5.74, 6) is 7.08. The van der Waals surface area contributed by atoms with E-state index in [0.717, 1.165) is 17.1 Å². The third-order valence-corrected chi connectivity index (χ3v) is 2.98. The predicted molar refractivity (Wildman–Crippen MR) is 65.1 cm³/mol. The summed E-state index contributed by atoms with van der Waals surface area (Å²) in [6, 6.07) is 9.27. The first kappa shape index (κ1) is 11.1. The fraction of sp³-hybridized carbons (Fsp3) is 0.231. The fourth-order valence-electron chi connectivity index (χ4n) is 2.07. The maximum atomic E-state index is 5.90. The van der Waals surface area contributed by atoms with Crippen molar-refractivity contribution in [1.29, 1.82) is 0 Å². The third-order valence-electron chi connectivity index (χ3n) is 2.98. The van der Waals surface area contributed by atoms with Crippen LogP contribution in [0.4, 0.5) is 0 Å². The number of benzene rings is 1. The molecule has 0 radical (unpaired) electrons. The number of para-hydroxylation sites is 2. The Balaban J connectivity index is 1.82. The normalized spacial score (nSPS) is 19.5. The van der Waals surface area contributed by atoms with E-state index in [1.807, 2.05) is 30.3 Å². The molecule has 3 N–H and O–H groups in total. The monoisotopic (exact) mass is 246 g/mol. The summed E-state index contributed by atoms with van der Waals surface area (Å²) in [5.41, 5.74) is 3.68. The van der Waals surface area contributed by atoms with E-state index in [4.69, 9.17) is 19.7 Å². The lowest BCUT2D eigenvalue weighted by molar-refractivity contribution is 0.0615. The Hall–Kier alpha value is -1.98. The van der Waals surface area contributed by atoms with Crippen molar-refractivity contribution in [3.63, 3.8) is 0 Å². The second-order valence-electron chi connectivity index (χ2n) is 4.12. The van der Waals surface area contributed by atoms with Crippen molar-refractivity contribution >= 4 is 0 Å². The van der Waals surface area contributed by atoms with Gasteiger partial charge in [-0.2, -0.15) is 0 Å². The number of nitrogens with one attached hydrogen (secondary N) is 1. The highest BCUT2D eigenvalue weighted by atomic mass is 16.6. The summed E-state index contributed by atoms with van der Waals surface area (Å²) in [6.07, 6.45) is 3.06. The van der Waals surface area contributed by atoms with Crippen molar-refractivity contribution in [2.24, 2.45) is 5.84 Å². The van der Waals surface area contributed by atoms with Crippen LogP contribution in [0.1, 0.15) is 11.6 Å². The molecule has 5 nitrogen and oxygen atoms in total. The van der Waals surface area contributed by atoms with E-state index in [2.05, 4.69) is 5.43 Å². The molecule has 94 valence electrons. The molecule has 1 aliphatic heterocycles. The maximum Gasteiger partial charge on any atom is 0.161 e. The first-order chi connectivity index (χ1) is 8.88. The summed E-state index contributed by atoms with van der Waals surface area (Å²) < 4.78 is 16.6. The molecular weight excluding hydrogens is 232 g/mol. The number of hydrogen-bond acceptors (Lipinski definition) is 5. The molecule has 2 aromatic rings. The summed E-state index contributed by atoms with van der Waals surface area (Å²) in [6.45, 7) is 0.442. The zero-order chi connectivity index (χ0) is 12.4. The Morgan fingerprint density at radius 2 is 2.06 bits per heavy atom. The molecule has 0 spiro atoms. The zero-order valence-electron chi connectivity index (χ0n) is 9.71. The van der Waals surface area contributed by atoms with E-state index in [1.165, 1.54) is 0 Å². The summed E-state index contributed by atoms with van der Waals surface area (Å²) >= 11 is 0. The average molecular weight is 246 g/mol. The Labute approximate surface area is 104 Å². The van der Waals surface area contributed by atoms with Gasteiger partial charge in [-0.05, 0) is 18.2 Å². The van der Waals surface area contributed by atoms with E-state index in [1.54, 1.807) is 12.5 Å². The van der Waals surface area contributed by atoms with Gasteiger partial charge in [-0.1, -0.05) is 12.1 Å². The van der Waals surface area contributed by atoms with Crippen molar-refractivity contribution in [2.45, 2.75) is 12.1 Å². The number of fused-ring (bicyclic) bond motifs is 1. The van der Waals surface area contributed by atoms with E-state index in [0.29, 0.717) is 6.61 Å². The van der Waals surface area contributed by atoms with Crippen LogP contribution in [0.5, 0.6) is 11.5 Å². The lowest BCUT2D eigenvalue weighted by Crippen LogP contribution is -2.44. The topological polar surface area (TPSA) is 69.7 Å². The number of hydrogen-bond donors (Lipinski definition) is 2. The molecule has 2 heterocycles. The molecule has 5 heteroatoms. The van der Waals surface area contributed by atoms with E-state index < -0.39 is 0 Å². The van der Waals surface area contributed by atoms with E-state index in [-0.39, 0.29) is 12.1 Å². The van der Waals surface area contributed by atoms with Crippen molar-refractivity contribution in [1.82, 2.24) is 5.43 Å². The average Bonchev–Trinajstić information content (AvgIpc) is 2.93. The van der Waals surface area contributed by atoms with Crippen LogP contribution in [0.25, 0.3) is 0 Å². The molecule has 0 saturated heterocycles. The summed E-state index contributed by atoms with van der Waals surface area (Å²) in [7, 11) is 0. The SMILES string of the molecule is NNC(c1ccoc1)C1COc2ccccc2O1. The predicted octanol–water partition coefficient (Wildman–Crippen LogP) is 1.62. The smallest absolute Gasteiger partial charge is 0.161 e. The minimum absolute atomic E-state index is 0.169. The Morgan fingerprint density at radius 3 is 2.78 bits per heavy atom. The van der Waals surface area contributed by atoms with Crippen LogP contribution in [0.3, 0.4) is 0 Å². The lowest BCUT2D eigenvalue weighted by Gasteiger charge is -2.31. The van der Waals surface area contributed by atoms with Crippen LogP contribution < -0.4 is 20.7 Å². The van der Waals surface area contributed by atoms with Gasteiger partial charge in [0.15, 0.2) is 17.6 Å². The second-order valence-corrected chi connectivity index (χ2v) is 4.12. The van der Waals surface area contributed by atoms with Crippen LogP contribution in [0.15, 0.2) is 47.3 Å². The van der Waals surface area contributed by atoms with Crippen molar-refractivity contribution in [3.05, 3.63) is 48.4 Å². The Kier molecular flexibility index (Phi) is 2.92. The lowest BCUT2D eigenvalue weighted by atomic mass is 10.1. The summed E-state index contributed by atoms with van der Waals surface area (Å²) in [4.78, 5) is 0. The zero-order valence-corrected chi connectivity index (χ0v) is 9.71. The minimum Gasteiger partial charge on any atom is -0.486 e. The first-order valence-electron chi connectivity index (χ1n) is 5.75. The highest BCUT2D eigenvalue weighted by Crippen LogP contribution is 2.34. The number of furan rings is 1. The quantitative estimate of drug-likeness (QED) is 0.636. The molecule has 3 rings (SSSR count). The number of hydrazine groups is 1. The van der Waals surface area contributed by atoms with E-state index >= 15 is 0 Å². The summed E-state index contributed by atoms with van der Waals surface area (Å²) in [5, 5.41) is 0. The van der Waals surface area contributed by atoms with Gasteiger partial charge in [-0.25, -0.2) is 5.43 Å². The standard InChI is InChI=1S/C13H14N2O3/c14-15-13(9-5-6-16-7-9)12-8-17-10-3-1-2-4-11(10)18-12/h1-7,12-13,15H,8,14H2. The molecule has 18 heavy (non-hydrogen) atoms. The van der Waals surface area contributed by atoms with Gasteiger partial charge in [0.2, 0.25) is 0 Å². The molecule has 0 fully saturated rings. The van der Waals surface area contributed by atoms with Crippen LogP contribution in [0, 0.1) is 0 Å². The molecule has 0 amide bonds. The van der Waals surface area contributed by atoms with Gasteiger partial charge >= 0.3 is 0 Å². The van der Waals surface area contributed by atoms with Crippen LogP contribution in [-0.4, -0.2) is 12.7 Å². The van der Waals surface area contributed by atoms with Crippen LogP contribution in [0.2, 0.25) is 0 Å². The van der Waals surface area contributed by atoms with Crippen LogP contribution >= 0.6 is 0 Å². The number of nitrogens with two attached hydrogens (primary N) is 1. The molecule has 1 aromatic heterocycles. The molecule has 1 aromatic carbocycles. The van der Waals surface area contributed by atoms with E-state index in [9.17, 15) is 0 Å². The molecule has 2 unspecified atom stereocenters. The van der Waals surface area contributed by atoms with Crippen LogP contribution in [-0.2, 0) is 0 Å². The van der Waals surface area contributed by atoms with Gasteiger partial charge in [0.25, 0.3) is 0 Å².